The maximum Gasteiger partial charge on any atom is 0.238 e. The minimum absolute atomic E-state index is 0.0285. The van der Waals surface area contributed by atoms with Gasteiger partial charge in [0.2, 0.25) is 10.0 Å². The number of sulfonamides is 1. The van der Waals surface area contributed by atoms with E-state index in [4.69, 9.17) is 33.6 Å². The first-order valence-corrected chi connectivity index (χ1v) is 5.58. The van der Waals surface area contributed by atoms with E-state index >= 15 is 0 Å². The van der Waals surface area contributed by atoms with Crippen molar-refractivity contribution in [2.75, 3.05) is 0 Å². The standard InChI is InChI=1S/C7H4Cl2N2O2S/c8-6-1-4(14(11,12)13)2-7(9)5(6)3-10/h1-2H,(H2,11,12,13). The summed E-state index contributed by atoms with van der Waals surface area (Å²) in [6.07, 6.45) is 0. The molecule has 1 rings (SSSR count). The molecule has 0 spiro atoms. The van der Waals surface area contributed by atoms with Crippen LogP contribution in [0.3, 0.4) is 0 Å². The van der Waals surface area contributed by atoms with Crippen molar-refractivity contribution in [2.24, 2.45) is 5.14 Å². The maximum atomic E-state index is 10.9. The lowest BCUT2D eigenvalue weighted by Crippen LogP contribution is -2.12. The predicted molar refractivity (Wildman–Crippen MR) is 52.6 cm³/mol. The van der Waals surface area contributed by atoms with Crippen LogP contribution in [-0.2, 0) is 10.0 Å². The molecule has 0 bridgehead atoms. The monoisotopic (exact) mass is 250 g/mol. The molecule has 0 saturated heterocycles. The Morgan fingerprint density at radius 1 is 1.29 bits per heavy atom. The molecule has 0 unspecified atom stereocenters. The fraction of sp³-hybridized carbons (Fsp3) is 0. The highest BCUT2D eigenvalue weighted by molar-refractivity contribution is 7.89. The van der Waals surface area contributed by atoms with Crippen molar-refractivity contribution in [3.8, 4) is 6.07 Å². The Morgan fingerprint density at radius 2 is 1.71 bits per heavy atom. The highest BCUT2D eigenvalue weighted by Crippen LogP contribution is 2.27. The van der Waals surface area contributed by atoms with Crippen LogP contribution in [0.2, 0.25) is 10.0 Å². The van der Waals surface area contributed by atoms with Gasteiger partial charge in [-0.15, -0.1) is 0 Å². The quantitative estimate of drug-likeness (QED) is 0.820. The number of nitrogens with zero attached hydrogens (tertiary/aromatic N) is 1. The Labute approximate surface area is 90.9 Å². The number of rotatable bonds is 1. The fourth-order valence-electron chi connectivity index (χ4n) is 0.821. The molecule has 1 aromatic rings. The number of halogens is 2. The third kappa shape index (κ3) is 2.16. The van der Waals surface area contributed by atoms with Crippen LogP contribution >= 0.6 is 23.2 Å². The summed E-state index contributed by atoms with van der Waals surface area (Å²) >= 11 is 11.2. The number of nitrogens with two attached hydrogens (primary N) is 1. The van der Waals surface area contributed by atoms with Gasteiger partial charge in [-0.2, -0.15) is 5.26 Å². The summed E-state index contributed by atoms with van der Waals surface area (Å²) in [6.45, 7) is 0. The topological polar surface area (TPSA) is 83.9 Å². The largest absolute Gasteiger partial charge is 0.238 e. The molecule has 14 heavy (non-hydrogen) atoms. The minimum Gasteiger partial charge on any atom is -0.225 e. The van der Waals surface area contributed by atoms with Crippen molar-refractivity contribution in [3.05, 3.63) is 27.7 Å². The summed E-state index contributed by atoms with van der Waals surface area (Å²) in [4.78, 5) is -0.216. The summed E-state index contributed by atoms with van der Waals surface area (Å²) in [7, 11) is -3.85. The number of hydrogen-bond donors (Lipinski definition) is 1. The zero-order valence-corrected chi connectivity index (χ0v) is 8.99. The summed E-state index contributed by atoms with van der Waals surface area (Å²) in [5.74, 6) is 0. The molecule has 0 fully saturated rings. The van der Waals surface area contributed by atoms with Crippen molar-refractivity contribution < 1.29 is 8.42 Å². The van der Waals surface area contributed by atoms with Crippen LogP contribution in [0.25, 0.3) is 0 Å². The maximum absolute atomic E-state index is 10.9. The van der Waals surface area contributed by atoms with Crippen molar-refractivity contribution >= 4 is 33.2 Å². The Bertz CT molecular complexity index is 496. The highest BCUT2D eigenvalue weighted by Gasteiger charge is 2.14. The predicted octanol–water partition coefficient (Wildman–Crippen LogP) is 1.51. The Morgan fingerprint density at radius 3 is 2.00 bits per heavy atom. The normalized spacial score (nSPS) is 11.0. The van der Waals surface area contributed by atoms with Gasteiger partial charge in [0.05, 0.1) is 20.5 Å². The van der Waals surface area contributed by atoms with Crippen LogP contribution in [0.1, 0.15) is 5.56 Å². The zero-order chi connectivity index (χ0) is 10.9. The molecule has 0 amide bonds. The van der Waals surface area contributed by atoms with Crippen LogP contribution in [-0.4, -0.2) is 8.42 Å². The van der Waals surface area contributed by atoms with Crippen molar-refractivity contribution in [1.82, 2.24) is 0 Å². The van der Waals surface area contributed by atoms with Gasteiger partial charge in [-0.1, -0.05) is 23.2 Å². The lowest BCUT2D eigenvalue weighted by Gasteiger charge is -2.02. The van der Waals surface area contributed by atoms with E-state index in [9.17, 15) is 8.42 Å². The zero-order valence-electron chi connectivity index (χ0n) is 6.66. The van der Waals surface area contributed by atoms with E-state index in [1.807, 2.05) is 0 Å². The second-order valence-corrected chi connectivity index (χ2v) is 4.79. The van der Waals surface area contributed by atoms with E-state index in [0.29, 0.717) is 0 Å². The third-order valence-corrected chi connectivity index (χ3v) is 2.94. The van der Waals surface area contributed by atoms with Gasteiger partial charge in [0.15, 0.2) is 0 Å². The van der Waals surface area contributed by atoms with Crippen molar-refractivity contribution in [1.29, 1.82) is 5.26 Å². The lowest BCUT2D eigenvalue weighted by molar-refractivity contribution is 0.598. The van der Waals surface area contributed by atoms with Gasteiger partial charge in [0.1, 0.15) is 6.07 Å². The van der Waals surface area contributed by atoms with Crippen LogP contribution in [0, 0.1) is 11.3 Å². The summed E-state index contributed by atoms with van der Waals surface area (Å²) in [5, 5.41) is 13.4. The molecule has 0 aliphatic carbocycles. The molecule has 0 atom stereocenters. The summed E-state index contributed by atoms with van der Waals surface area (Å²) in [5.41, 5.74) is 0.0285. The minimum atomic E-state index is -3.85. The van der Waals surface area contributed by atoms with Crippen molar-refractivity contribution in [2.45, 2.75) is 4.90 Å². The number of hydrogen-bond acceptors (Lipinski definition) is 3. The van der Waals surface area contributed by atoms with E-state index in [1.165, 1.54) is 0 Å². The molecule has 0 heterocycles. The molecule has 0 saturated carbocycles. The van der Waals surface area contributed by atoms with Gasteiger partial charge < -0.3 is 0 Å². The van der Waals surface area contributed by atoms with E-state index in [-0.39, 0.29) is 20.5 Å². The molecule has 2 N–H and O–H groups in total. The highest BCUT2D eigenvalue weighted by atomic mass is 35.5. The molecular formula is C7H4Cl2N2O2S. The molecular weight excluding hydrogens is 247 g/mol. The smallest absolute Gasteiger partial charge is 0.225 e. The number of benzene rings is 1. The van der Waals surface area contributed by atoms with Gasteiger partial charge in [-0.25, -0.2) is 13.6 Å². The second-order valence-electron chi connectivity index (χ2n) is 2.42. The number of nitriles is 1. The molecule has 7 heteroatoms. The van der Waals surface area contributed by atoms with E-state index in [0.717, 1.165) is 12.1 Å². The molecule has 0 radical (unpaired) electrons. The van der Waals surface area contributed by atoms with Gasteiger partial charge in [-0.3, -0.25) is 0 Å². The molecule has 0 aromatic heterocycles. The van der Waals surface area contributed by atoms with E-state index in [1.54, 1.807) is 6.07 Å². The SMILES string of the molecule is N#Cc1c(Cl)cc(S(N)(=O)=O)cc1Cl. The van der Waals surface area contributed by atoms with E-state index in [2.05, 4.69) is 0 Å². The first-order chi connectivity index (χ1) is 6.36. The second kappa shape index (κ2) is 3.75. The lowest BCUT2D eigenvalue weighted by atomic mass is 10.2. The number of primary sulfonamides is 1. The Kier molecular flexibility index (Phi) is 3.02. The van der Waals surface area contributed by atoms with Gasteiger partial charge >= 0.3 is 0 Å². The molecule has 4 nitrogen and oxygen atoms in total. The average Bonchev–Trinajstić information content (AvgIpc) is 2.01. The third-order valence-electron chi connectivity index (χ3n) is 1.46. The van der Waals surface area contributed by atoms with Gasteiger partial charge in [0, 0.05) is 0 Å². The Hall–Kier alpha value is -0.800. The molecule has 1 aromatic carbocycles. The molecule has 0 aliphatic rings. The van der Waals surface area contributed by atoms with Crippen LogP contribution in [0.5, 0.6) is 0 Å². The van der Waals surface area contributed by atoms with Crippen LogP contribution in [0.4, 0.5) is 0 Å². The van der Waals surface area contributed by atoms with Crippen LogP contribution in [0.15, 0.2) is 17.0 Å². The fourth-order valence-corrected chi connectivity index (χ4v) is 2.09. The molecule has 74 valence electrons. The van der Waals surface area contributed by atoms with Gasteiger partial charge in [-0.05, 0) is 12.1 Å². The summed E-state index contributed by atoms with van der Waals surface area (Å²) < 4.78 is 21.8. The average molecular weight is 251 g/mol. The van der Waals surface area contributed by atoms with Crippen molar-refractivity contribution in [3.63, 3.8) is 0 Å². The summed E-state index contributed by atoms with van der Waals surface area (Å²) in [6, 6.07) is 3.91. The van der Waals surface area contributed by atoms with Gasteiger partial charge in [0.25, 0.3) is 0 Å². The van der Waals surface area contributed by atoms with Crippen LogP contribution < -0.4 is 5.14 Å². The first-order valence-electron chi connectivity index (χ1n) is 3.28. The Balaban J connectivity index is 3.53. The van der Waals surface area contributed by atoms with E-state index < -0.39 is 10.0 Å². The first kappa shape index (κ1) is 11.3. The molecule has 0 aliphatic heterocycles.